The van der Waals surface area contributed by atoms with Crippen molar-refractivity contribution >= 4 is 17.7 Å². The number of aromatic nitrogens is 3. The van der Waals surface area contributed by atoms with Gasteiger partial charge in [0.2, 0.25) is 5.91 Å². The Morgan fingerprint density at radius 3 is 2.85 bits per heavy atom. The molecule has 1 saturated heterocycles. The number of hydrogen-bond acceptors (Lipinski definition) is 5. The van der Waals surface area contributed by atoms with Gasteiger partial charge in [-0.2, -0.15) is 5.10 Å². The average molecular weight is 371 g/mol. The van der Waals surface area contributed by atoms with Gasteiger partial charge in [0.05, 0.1) is 6.54 Å². The van der Waals surface area contributed by atoms with E-state index in [0.29, 0.717) is 25.2 Å². The minimum atomic E-state index is -0.587. The van der Waals surface area contributed by atoms with Crippen LogP contribution < -0.4 is 5.32 Å². The van der Waals surface area contributed by atoms with Gasteiger partial charge in [-0.15, -0.1) is 0 Å². The van der Waals surface area contributed by atoms with Crippen LogP contribution in [0.2, 0.25) is 0 Å². The van der Waals surface area contributed by atoms with Gasteiger partial charge < -0.3 is 10.1 Å². The molecule has 0 spiro atoms. The van der Waals surface area contributed by atoms with Gasteiger partial charge in [-0.25, -0.2) is 14.5 Å². The zero-order chi connectivity index (χ0) is 19.4. The molecule has 1 fully saturated rings. The molecule has 0 radical (unpaired) electrons. The first-order chi connectivity index (χ1) is 12.8. The summed E-state index contributed by atoms with van der Waals surface area (Å²) in [6.07, 6.45) is 4.09. The van der Waals surface area contributed by atoms with E-state index in [-0.39, 0.29) is 5.91 Å². The van der Waals surface area contributed by atoms with Crippen LogP contribution in [0.5, 0.6) is 0 Å². The van der Waals surface area contributed by atoms with Gasteiger partial charge in [0.1, 0.15) is 24.3 Å². The van der Waals surface area contributed by atoms with E-state index in [0.717, 1.165) is 12.0 Å². The van der Waals surface area contributed by atoms with Gasteiger partial charge in [0, 0.05) is 12.2 Å². The Kier molecular flexibility index (Phi) is 5.43. The number of likely N-dealkylation sites (tertiary alicyclic amines) is 1. The van der Waals surface area contributed by atoms with Crippen molar-refractivity contribution in [1.82, 2.24) is 19.7 Å². The molecule has 2 heterocycles. The van der Waals surface area contributed by atoms with Gasteiger partial charge in [0.25, 0.3) is 0 Å². The Balaban J connectivity index is 1.65. The van der Waals surface area contributed by atoms with Crippen molar-refractivity contribution in [3.8, 4) is 0 Å². The number of benzene rings is 1. The second-order valence-electron chi connectivity index (χ2n) is 7.61. The van der Waals surface area contributed by atoms with E-state index in [1.165, 1.54) is 11.2 Å². The van der Waals surface area contributed by atoms with Crippen LogP contribution in [0.4, 0.5) is 10.5 Å². The molecule has 1 aromatic heterocycles. The summed E-state index contributed by atoms with van der Waals surface area (Å²) in [6.45, 7) is 6.54. The second kappa shape index (κ2) is 7.77. The van der Waals surface area contributed by atoms with E-state index >= 15 is 0 Å². The maximum atomic E-state index is 12.7. The normalized spacial score (nSPS) is 17.0. The number of hydrogen-bond donors (Lipinski definition) is 1. The van der Waals surface area contributed by atoms with E-state index < -0.39 is 17.7 Å². The molecule has 8 heteroatoms. The summed E-state index contributed by atoms with van der Waals surface area (Å²) in [5.41, 5.74) is 1.10. The molecular formula is C19H25N5O3. The van der Waals surface area contributed by atoms with E-state index in [1.807, 2.05) is 45.0 Å². The number of amides is 2. The largest absolute Gasteiger partial charge is 0.444 e. The molecule has 0 bridgehead atoms. The van der Waals surface area contributed by atoms with Gasteiger partial charge in [-0.3, -0.25) is 9.69 Å². The van der Waals surface area contributed by atoms with Crippen LogP contribution >= 0.6 is 0 Å². The first-order valence-electron chi connectivity index (χ1n) is 9.04. The fraction of sp³-hybridized carbons (Fsp3) is 0.474. The van der Waals surface area contributed by atoms with Crippen molar-refractivity contribution in [3.05, 3.63) is 42.5 Å². The molecule has 1 aromatic carbocycles. The number of rotatable bonds is 4. The van der Waals surface area contributed by atoms with E-state index in [9.17, 15) is 9.59 Å². The zero-order valence-corrected chi connectivity index (χ0v) is 15.9. The Morgan fingerprint density at radius 1 is 1.33 bits per heavy atom. The average Bonchev–Trinajstić information content (AvgIpc) is 3.25. The summed E-state index contributed by atoms with van der Waals surface area (Å²) >= 11 is 0. The highest BCUT2D eigenvalue weighted by Crippen LogP contribution is 2.22. The highest BCUT2D eigenvalue weighted by atomic mass is 16.6. The summed E-state index contributed by atoms with van der Waals surface area (Å²) in [6, 6.07) is 7.04. The molecule has 27 heavy (non-hydrogen) atoms. The quantitative estimate of drug-likeness (QED) is 0.892. The van der Waals surface area contributed by atoms with Crippen molar-refractivity contribution in [1.29, 1.82) is 0 Å². The van der Waals surface area contributed by atoms with Crippen LogP contribution in [0.1, 0.15) is 39.2 Å². The lowest BCUT2D eigenvalue weighted by atomic mass is 10.1. The molecule has 1 atom stereocenters. The first-order valence-corrected chi connectivity index (χ1v) is 9.04. The van der Waals surface area contributed by atoms with E-state index in [4.69, 9.17) is 4.74 Å². The minimum Gasteiger partial charge on any atom is -0.444 e. The summed E-state index contributed by atoms with van der Waals surface area (Å²) in [5, 5.41) is 7.00. The fourth-order valence-electron chi connectivity index (χ4n) is 3.05. The topological polar surface area (TPSA) is 89.4 Å². The molecule has 8 nitrogen and oxygen atoms in total. The van der Waals surface area contributed by atoms with Crippen LogP contribution in [0.15, 0.2) is 36.9 Å². The Hall–Kier alpha value is -2.90. The highest BCUT2D eigenvalue weighted by Gasteiger charge is 2.36. The fourth-order valence-corrected chi connectivity index (χ4v) is 3.05. The van der Waals surface area contributed by atoms with Crippen LogP contribution in [-0.2, 0) is 16.1 Å². The molecule has 2 amide bonds. The number of nitrogens with one attached hydrogen (secondary N) is 1. The number of carbonyl (C=O) groups excluding carboxylic acids is 2. The number of nitrogens with zero attached hydrogens (tertiary/aromatic N) is 4. The summed E-state index contributed by atoms with van der Waals surface area (Å²) in [4.78, 5) is 30.5. The molecule has 1 aliphatic heterocycles. The highest BCUT2D eigenvalue weighted by molar-refractivity contribution is 5.96. The van der Waals surface area contributed by atoms with Crippen molar-refractivity contribution < 1.29 is 14.3 Å². The van der Waals surface area contributed by atoms with Crippen LogP contribution in [-0.4, -0.2) is 49.9 Å². The van der Waals surface area contributed by atoms with Gasteiger partial charge in [0.15, 0.2) is 0 Å². The molecule has 2 aromatic rings. The lowest BCUT2D eigenvalue weighted by Gasteiger charge is -2.28. The third-order valence-electron chi connectivity index (χ3n) is 4.19. The monoisotopic (exact) mass is 371 g/mol. The summed E-state index contributed by atoms with van der Waals surface area (Å²) in [5.74, 6) is -0.198. The molecule has 0 unspecified atom stereocenters. The van der Waals surface area contributed by atoms with Crippen molar-refractivity contribution in [2.75, 3.05) is 11.9 Å². The molecule has 0 saturated carbocycles. The maximum absolute atomic E-state index is 12.7. The van der Waals surface area contributed by atoms with Crippen molar-refractivity contribution in [2.24, 2.45) is 0 Å². The third kappa shape index (κ3) is 5.06. The number of anilines is 1. The zero-order valence-electron chi connectivity index (χ0n) is 15.9. The molecule has 144 valence electrons. The standard InChI is InChI=1S/C19H25N5O3/c1-19(2,3)27-18(26)24-9-5-8-16(24)17(25)22-15-7-4-6-14(10-15)11-23-13-20-12-21-23/h4,6-7,10,12-13,16H,5,8-9,11H2,1-3H3,(H,22,25)/t16-/m0/s1. The summed E-state index contributed by atoms with van der Waals surface area (Å²) < 4.78 is 7.13. The number of ether oxygens (including phenoxy) is 1. The van der Waals surface area contributed by atoms with Gasteiger partial charge in [-0.1, -0.05) is 12.1 Å². The molecule has 1 N–H and O–H groups in total. The smallest absolute Gasteiger partial charge is 0.410 e. The lowest BCUT2D eigenvalue weighted by Crippen LogP contribution is -2.45. The Labute approximate surface area is 158 Å². The molecular weight excluding hydrogens is 346 g/mol. The predicted molar refractivity (Wildman–Crippen MR) is 100 cm³/mol. The predicted octanol–water partition coefficient (Wildman–Crippen LogP) is 2.66. The first kappa shape index (κ1) is 18.9. The maximum Gasteiger partial charge on any atom is 0.410 e. The van der Waals surface area contributed by atoms with Crippen LogP contribution in [0.25, 0.3) is 0 Å². The van der Waals surface area contributed by atoms with Crippen molar-refractivity contribution in [2.45, 2.75) is 51.8 Å². The molecule has 3 rings (SSSR count). The van der Waals surface area contributed by atoms with Gasteiger partial charge in [-0.05, 0) is 51.3 Å². The van der Waals surface area contributed by atoms with Crippen molar-refractivity contribution in [3.63, 3.8) is 0 Å². The number of carbonyl (C=O) groups is 2. The Morgan fingerprint density at radius 2 is 2.15 bits per heavy atom. The van der Waals surface area contributed by atoms with E-state index in [1.54, 1.807) is 11.0 Å². The molecule has 0 aliphatic carbocycles. The minimum absolute atomic E-state index is 0.198. The van der Waals surface area contributed by atoms with Crippen LogP contribution in [0, 0.1) is 0 Å². The Bertz CT molecular complexity index is 798. The van der Waals surface area contributed by atoms with Crippen LogP contribution in [0.3, 0.4) is 0 Å². The SMILES string of the molecule is CC(C)(C)OC(=O)N1CCC[C@H]1C(=O)Nc1cccc(Cn2cncn2)c1. The molecule has 1 aliphatic rings. The van der Waals surface area contributed by atoms with E-state index in [2.05, 4.69) is 15.4 Å². The third-order valence-corrected chi connectivity index (χ3v) is 4.19. The lowest BCUT2D eigenvalue weighted by molar-refractivity contribution is -0.120. The second-order valence-corrected chi connectivity index (χ2v) is 7.61. The summed E-state index contributed by atoms with van der Waals surface area (Å²) in [7, 11) is 0. The van der Waals surface area contributed by atoms with Gasteiger partial charge >= 0.3 is 6.09 Å².